The summed E-state index contributed by atoms with van der Waals surface area (Å²) in [5.74, 6) is -16.0. The Morgan fingerprint density at radius 3 is 2.05 bits per heavy atom. The van der Waals surface area contributed by atoms with Gasteiger partial charge < -0.3 is 14.6 Å². The highest BCUT2D eigenvalue weighted by Crippen LogP contribution is 2.33. The summed E-state index contributed by atoms with van der Waals surface area (Å²) < 4.78 is 80.6. The number of aromatic nitrogens is 1. The van der Waals surface area contributed by atoms with Crippen LogP contribution in [-0.4, -0.2) is 34.6 Å². The first-order valence-electron chi connectivity index (χ1n) is 11.3. The summed E-state index contributed by atoms with van der Waals surface area (Å²) in [4.78, 5) is 38.0. The summed E-state index contributed by atoms with van der Waals surface area (Å²) in [6, 6.07) is 10.6. The summed E-state index contributed by atoms with van der Waals surface area (Å²) >= 11 is 5.90. The number of hydrogen-bond acceptors (Lipinski definition) is 5. The summed E-state index contributed by atoms with van der Waals surface area (Å²) in [5.41, 5.74) is -0.885. The van der Waals surface area contributed by atoms with Gasteiger partial charge in [-0.1, -0.05) is 11.6 Å². The van der Waals surface area contributed by atoms with E-state index in [1.807, 2.05) is 0 Å². The van der Waals surface area contributed by atoms with Gasteiger partial charge in [-0.25, -0.2) is 26.7 Å². The van der Waals surface area contributed by atoms with Crippen LogP contribution in [-0.2, 0) is 20.7 Å². The molecule has 0 spiro atoms. The lowest BCUT2D eigenvalue weighted by molar-refractivity contribution is -0.164. The smallest absolute Gasteiger partial charge is 0.350 e. The molecule has 0 bridgehead atoms. The molecule has 1 unspecified atom stereocenters. The van der Waals surface area contributed by atoms with E-state index in [9.17, 15) is 41.4 Å². The van der Waals surface area contributed by atoms with E-state index in [-0.39, 0.29) is 16.8 Å². The lowest BCUT2D eigenvalue weighted by Gasteiger charge is -2.17. The normalized spacial score (nSPS) is 11.9. The molecule has 0 aliphatic heterocycles. The van der Waals surface area contributed by atoms with Crippen LogP contribution >= 0.6 is 11.6 Å². The maximum atomic E-state index is 14.3. The number of ether oxygens (including phenoxy) is 2. The van der Waals surface area contributed by atoms with E-state index in [0.29, 0.717) is 21.7 Å². The number of nitrogens with zero attached hydrogens (tertiary/aromatic N) is 1. The third kappa shape index (κ3) is 4.97. The first-order valence-corrected chi connectivity index (χ1v) is 11.7. The predicted molar refractivity (Wildman–Crippen MR) is 131 cm³/mol. The number of fused-ring (bicyclic) bond motifs is 1. The van der Waals surface area contributed by atoms with Crippen molar-refractivity contribution in [3.63, 3.8) is 0 Å². The molecule has 0 saturated carbocycles. The molecule has 0 saturated heterocycles. The zero-order valence-electron chi connectivity index (χ0n) is 20.5. The van der Waals surface area contributed by atoms with Gasteiger partial charge in [0.1, 0.15) is 5.75 Å². The Hall–Kier alpha value is -4.45. The van der Waals surface area contributed by atoms with Gasteiger partial charge in [-0.2, -0.15) is 0 Å². The third-order valence-electron chi connectivity index (χ3n) is 6.14. The molecule has 1 N–H and O–H groups in total. The van der Waals surface area contributed by atoms with Crippen LogP contribution < -0.4 is 4.74 Å². The van der Waals surface area contributed by atoms with Crippen LogP contribution in [0.1, 0.15) is 33.3 Å². The van der Waals surface area contributed by atoms with Gasteiger partial charge in [0.15, 0.2) is 23.3 Å². The maximum Gasteiger partial charge on any atom is 0.350 e. The molecule has 0 aliphatic rings. The lowest BCUT2D eigenvalue weighted by atomic mass is 10.1. The Balaban J connectivity index is 1.77. The van der Waals surface area contributed by atoms with E-state index in [4.69, 9.17) is 21.1 Å². The molecule has 7 nitrogen and oxygen atoms in total. The average molecular weight is 582 g/mol. The Morgan fingerprint density at radius 2 is 1.50 bits per heavy atom. The minimum absolute atomic E-state index is 0.155. The Labute approximate surface area is 227 Å². The number of aliphatic carboxylic acids is 1. The molecule has 0 amide bonds. The molecule has 208 valence electrons. The molecule has 4 rings (SSSR count). The highest BCUT2D eigenvalue weighted by molar-refractivity contribution is 6.30. The fraction of sp³-hybridized carbons (Fsp3) is 0.148. The third-order valence-corrected chi connectivity index (χ3v) is 6.39. The second-order valence-electron chi connectivity index (χ2n) is 8.46. The SMILES string of the molecule is COc1ccc2c(c1)c(CC(=O)OC(C(=O)O)c1c(F)c(F)c(F)c(F)c1F)c(C)n2C(=O)c1ccc(Cl)cc1. The van der Waals surface area contributed by atoms with E-state index in [2.05, 4.69) is 0 Å². The van der Waals surface area contributed by atoms with E-state index >= 15 is 0 Å². The quantitative estimate of drug-likeness (QED) is 0.126. The molecule has 0 radical (unpaired) electrons. The number of rotatable bonds is 7. The van der Waals surface area contributed by atoms with Gasteiger partial charge in [-0.15, -0.1) is 0 Å². The fourth-order valence-corrected chi connectivity index (χ4v) is 4.32. The van der Waals surface area contributed by atoms with Gasteiger partial charge in [-0.3, -0.25) is 14.2 Å². The zero-order chi connectivity index (χ0) is 29.5. The second kappa shape index (κ2) is 11.0. The molecule has 1 heterocycles. The van der Waals surface area contributed by atoms with Gasteiger partial charge in [0.2, 0.25) is 11.9 Å². The molecular weight excluding hydrogens is 565 g/mol. The Kier molecular flexibility index (Phi) is 7.83. The molecule has 13 heteroatoms. The number of methoxy groups -OCH3 is 1. The van der Waals surface area contributed by atoms with Gasteiger partial charge >= 0.3 is 11.9 Å². The van der Waals surface area contributed by atoms with Gasteiger partial charge in [0.25, 0.3) is 5.91 Å². The topological polar surface area (TPSA) is 94.8 Å². The molecule has 0 aliphatic carbocycles. The van der Waals surface area contributed by atoms with Crippen molar-refractivity contribution < 1.29 is 50.9 Å². The van der Waals surface area contributed by atoms with Gasteiger partial charge in [0, 0.05) is 21.7 Å². The number of carbonyl (C=O) groups excluding carboxylic acids is 2. The number of halogens is 6. The maximum absolute atomic E-state index is 14.3. The lowest BCUT2D eigenvalue weighted by Crippen LogP contribution is -2.24. The monoisotopic (exact) mass is 581 g/mol. The van der Waals surface area contributed by atoms with Crippen molar-refractivity contribution in [1.82, 2.24) is 4.57 Å². The number of esters is 1. The van der Waals surface area contributed by atoms with Crippen LogP contribution in [0.4, 0.5) is 22.0 Å². The number of benzene rings is 3. The van der Waals surface area contributed by atoms with Crippen LogP contribution in [0, 0.1) is 36.0 Å². The van der Waals surface area contributed by atoms with E-state index < -0.39 is 65.0 Å². The van der Waals surface area contributed by atoms with Crippen molar-refractivity contribution in [2.45, 2.75) is 19.4 Å². The average Bonchev–Trinajstić information content (AvgIpc) is 3.20. The highest BCUT2D eigenvalue weighted by Gasteiger charge is 2.37. The van der Waals surface area contributed by atoms with Crippen LogP contribution in [0.5, 0.6) is 5.75 Å². The summed E-state index contributed by atoms with van der Waals surface area (Å²) in [7, 11) is 1.37. The summed E-state index contributed by atoms with van der Waals surface area (Å²) in [5, 5.41) is 10.1. The van der Waals surface area contributed by atoms with Crippen molar-refractivity contribution in [3.05, 3.63) is 99.0 Å². The molecular formula is C27H17ClF5NO6. The van der Waals surface area contributed by atoms with Gasteiger partial charge in [-0.05, 0) is 55.0 Å². The fourth-order valence-electron chi connectivity index (χ4n) is 4.20. The van der Waals surface area contributed by atoms with E-state index in [1.54, 1.807) is 12.1 Å². The predicted octanol–water partition coefficient (Wildman–Crippen LogP) is 5.91. The molecule has 0 fully saturated rings. The first-order chi connectivity index (χ1) is 18.9. The summed E-state index contributed by atoms with van der Waals surface area (Å²) in [6.45, 7) is 1.49. The van der Waals surface area contributed by atoms with Crippen molar-refractivity contribution in [3.8, 4) is 5.75 Å². The largest absolute Gasteiger partial charge is 0.497 e. The number of carboxylic acid groups (broad SMARTS) is 1. The minimum atomic E-state index is -2.86. The minimum Gasteiger partial charge on any atom is -0.497 e. The first kappa shape index (κ1) is 28.6. The van der Waals surface area contributed by atoms with Crippen molar-refractivity contribution in [1.29, 1.82) is 0 Å². The van der Waals surface area contributed by atoms with Crippen molar-refractivity contribution in [2.24, 2.45) is 0 Å². The van der Waals surface area contributed by atoms with Crippen LogP contribution in [0.25, 0.3) is 10.9 Å². The Morgan fingerprint density at radius 1 is 0.925 bits per heavy atom. The number of carbonyl (C=O) groups is 3. The number of carboxylic acids is 1. The zero-order valence-corrected chi connectivity index (χ0v) is 21.3. The van der Waals surface area contributed by atoms with Gasteiger partial charge in [0.05, 0.1) is 24.6 Å². The second-order valence-corrected chi connectivity index (χ2v) is 8.90. The molecule has 3 aromatic carbocycles. The number of hydrogen-bond donors (Lipinski definition) is 1. The highest BCUT2D eigenvalue weighted by atomic mass is 35.5. The molecule has 4 aromatic rings. The molecule has 1 atom stereocenters. The van der Waals surface area contributed by atoms with Crippen molar-refractivity contribution >= 4 is 40.3 Å². The Bertz CT molecular complexity index is 1660. The molecule has 40 heavy (non-hydrogen) atoms. The van der Waals surface area contributed by atoms with Crippen LogP contribution in [0.3, 0.4) is 0 Å². The van der Waals surface area contributed by atoms with Crippen LogP contribution in [0.15, 0.2) is 42.5 Å². The van der Waals surface area contributed by atoms with E-state index in [1.165, 1.54) is 48.9 Å². The molecule has 1 aromatic heterocycles. The van der Waals surface area contributed by atoms with Crippen molar-refractivity contribution in [2.75, 3.05) is 7.11 Å². The standard InChI is InChI=1S/C27H17ClF5NO6/c1-11-15(10-18(35)40-25(27(37)38)19-20(29)22(31)24(33)23(32)21(19)30)16-9-14(39-2)7-8-17(16)34(11)26(36)12-3-5-13(28)6-4-12/h3-9,25H,10H2,1-2H3,(H,37,38). The van der Waals surface area contributed by atoms with Crippen LogP contribution in [0.2, 0.25) is 5.02 Å². The van der Waals surface area contributed by atoms with E-state index in [0.717, 1.165) is 0 Å². The summed E-state index contributed by atoms with van der Waals surface area (Å²) in [6.07, 6.45) is -3.61.